The Labute approximate surface area is 118 Å². The molecule has 0 saturated heterocycles. The van der Waals surface area contributed by atoms with Crippen LogP contribution < -0.4 is 11.1 Å². The number of amides is 1. The van der Waals surface area contributed by atoms with Crippen molar-refractivity contribution in [2.75, 3.05) is 6.54 Å². The summed E-state index contributed by atoms with van der Waals surface area (Å²) in [5.74, 6) is -2.38. The molecule has 0 heterocycles. The third-order valence-corrected chi connectivity index (χ3v) is 2.88. The molecule has 1 amide bonds. The molecule has 0 radical (unpaired) electrons. The van der Waals surface area contributed by atoms with Gasteiger partial charge in [0.2, 0.25) is 5.91 Å². The van der Waals surface area contributed by atoms with Gasteiger partial charge in [0, 0.05) is 12.5 Å². The summed E-state index contributed by atoms with van der Waals surface area (Å²) >= 11 is 0. The van der Waals surface area contributed by atoms with Crippen LogP contribution in [0.25, 0.3) is 0 Å². The maximum atomic E-state index is 13.2. The first-order valence-corrected chi connectivity index (χ1v) is 5.75. The Kier molecular flexibility index (Phi) is 6.39. The highest BCUT2D eigenvalue weighted by Gasteiger charge is 2.25. The number of benzene rings is 1. The zero-order chi connectivity index (χ0) is 13.9. The molecular formula is C13H19ClF2N2O. The average Bonchev–Trinajstić information content (AvgIpc) is 2.30. The first-order valence-electron chi connectivity index (χ1n) is 5.75. The maximum absolute atomic E-state index is 13.2. The molecule has 108 valence electrons. The van der Waals surface area contributed by atoms with Gasteiger partial charge in [0.25, 0.3) is 0 Å². The summed E-state index contributed by atoms with van der Waals surface area (Å²) in [5.41, 5.74) is 5.12. The summed E-state index contributed by atoms with van der Waals surface area (Å²) in [7, 11) is 0. The predicted octanol–water partition coefficient (Wildman–Crippen LogP) is 2.33. The second-order valence-electron chi connectivity index (χ2n) is 4.88. The van der Waals surface area contributed by atoms with Gasteiger partial charge in [0.15, 0.2) is 11.6 Å². The van der Waals surface area contributed by atoms with Crippen molar-refractivity contribution < 1.29 is 13.6 Å². The van der Waals surface area contributed by atoms with Gasteiger partial charge < -0.3 is 11.1 Å². The van der Waals surface area contributed by atoms with Crippen molar-refractivity contribution in [3.05, 3.63) is 35.4 Å². The summed E-state index contributed by atoms with van der Waals surface area (Å²) in [6.45, 7) is 5.39. The van der Waals surface area contributed by atoms with Gasteiger partial charge in [-0.1, -0.05) is 13.0 Å². The molecule has 3 nitrogen and oxygen atoms in total. The summed E-state index contributed by atoms with van der Waals surface area (Å²) in [4.78, 5) is 11.8. The fraction of sp³-hybridized carbons (Fsp3) is 0.462. The van der Waals surface area contributed by atoms with Gasteiger partial charge in [-0.3, -0.25) is 4.79 Å². The number of rotatable bonds is 4. The second-order valence-corrected chi connectivity index (χ2v) is 4.88. The number of nitrogens with two attached hydrogens (primary N) is 1. The van der Waals surface area contributed by atoms with Crippen LogP contribution in [0.2, 0.25) is 0 Å². The summed E-state index contributed by atoms with van der Waals surface area (Å²) in [6.07, 6.45) is 0. The van der Waals surface area contributed by atoms with E-state index < -0.39 is 17.2 Å². The van der Waals surface area contributed by atoms with Gasteiger partial charge in [-0.15, -0.1) is 12.4 Å². The molecule has 1 aromatic rings. The molecule has 1 aromatic carbocycles. The van der Waals surface area contributed by atoms with Crippen LogP contribution in [-0.2, 0) is 10.3 Å². The fourth-order valence-electron chi connectivity index (χ4n) is 1.50. The maximum Gasteiger partial charge on any atom is 0.224 e. The van der Waals surface area contributed by atoms with E-state index in [1.54, 1.807) is 20.8 Å². The van der Waals surface area contributed by atoms with Crippen LogP contribution in [0.4, 0.5) is 8.78 Å². The first-order chi connectivity index (χ1) is 8.27. The molecule has 19 heavy (non-hydrogen) atoms. The van der Waals surface area contributed by atoms with E-state index in [9.17, 15) is 13.6 Å². The lowest BCUT2D eigenvalue weighted by Crippen LogP contribution is -2.45. The van der Waals surface area contributed by atoms with E-state index in [1.165, 1.54) is 6.07 Å². The highest BCUT2D eigenvalue weighted by molar-refractivity contribution is 5.85. The molecule has 3 N–H and O–H groups in total. The Morgan fingerprint density at radius 3 is 2.42 bits per heavy atom. The van der Waals surface area contributed by atoms with Crippen LogP contribution >= 0.6 is 12.4 Å². The van der Waals surface area contributed by atoms with Crippen molar-refractivity contribution >= 4 is 18.3 Å². The Hall–Kier alpha value is -1.20. The van der Waals surface area contributed by atoms with Crippen LogP contribution in [-0.4, -0.2) is 12.5 Å². The number of hydrogen-bond donors (Lipinski definition) is 2. The smallest absolute Gasteiger partial charge is 0.224 e. The molecule has 0 bridgehead atoms. The van der Waals surface area contributed by atoms with E-state index in [0.717, 1.165) is 12.1 Å². The largest absolute Gasteiger partial charge is 0.347 e. The molecule has 1 rings (SSSR count). The van der Waals surface area contributed by atoms with Gasteiger partial charge in [-0.2, -0.15) is 0 Å². The minimum Gasteiger partial charge on any atom is -0.347 e. The Morgan fingerprint density at radius 2 is 1.95 bits per heavy atom. The van der Waals surface area contributed by atoms with E-state index >= 15 is 0 Å². The zero-order valence-electron chi connectivity index (χ0n) is 11.2. The number of hydrogen-bond acceptors (Lipinski definition) is 2. The topological polar surface area (TPSA) is 55.1 Å². The molecule has 0 saturated carbocycles. The first kappa shape index (κ1) is 17.8. The number of carbonyl (C=O) groups is 1. The van der Waals surface area contributed by atoms with Crippen LogP contribution in [0.1, 0.15) is 26.3 Å². The van der Waals surface area contributed by atoms with Crippen molar-refractivity contribution in [1.29, 1.82) is 0 Å². The number of halogens is 3. The second kappa shape index (κ2) is 6.82. The highest BCUT2D eigenvalue weighted by atomic mass is 35.5. The molecule has 0 fully saturated rings. The minimum absolute atomic E-state index is 0. The monoisotopic (exact) mass is 292 g/mol. The van der Waals surface area contributed by atoms with Gasteiger partial charge >= 0.3 is 0 Å². The van der Waals surface area contributed by atoms with E-state index in [0.29, 0.717) is 5.56 Å². The van der Waals surface area contributed by atoms with Gasteiger partial charge in [-0.05, 0) is 31.5 Å². The van der Waals surface area contributed by atoms with Gasteiger partial charge in [-0.25, -0.2) is 8.78 Å². The quantitative estimate of drug-likeness (QED) is 0.895. The van der Waals surface area contributed by atoms with E-state index in [2.05, 4.69) is 5.32 Å². The normalized spacial score (nSPS) is 12.5. The predicted molar refractivity (Wildman–Crippen MR) is 73.0 cm³/mol. The third kappa shape index (κ3) is 4.44. The Balaban J connectivity index is 0.00000324. The molecule has 0 spiro atoms. The molecule has 1 unspecified atom stereocenters. The minimum atomic E-state index is -0.929. The highest BCUT2D eigenvalue weighted by Crippen LogP contribution is 2.22. The van der Waals surface area contributed by atoms with E-state index in [4.69, 9.17) is 5.73 Å². The molecule has 0 aliphatic heterocycles. The Bertz CT molecular complexity index is 452. The van der Waals surface area contributed by atoms with Crippen molar-refractivity contribution in [2.45, 2.75) is 26.3 Å². The molecule has 1 atom stereocenters. The van der Waals surface area contributed by atoms with Crippen molar-refractivity contribution in [3.63, 3.8) is 0 Å². The summed E-state index contributed by atoms with van der Waals surface area (Å²) < 4.78 is 26.0. The summed E-state index contributed by atoms with van der Waals surface area (Å²) in [5, 5.41) is 2.76. The number of nitrogens with one attached hydrogen (secondary N) is 1. The number of carbonyl (C=O) groups excluding carboxylic acids is 1. The van der Waals surface area contributed by atoms with Crippen LogP contribution in [0.5, 0.6) is 0 Å². The molecular weight excluding hydrogens is 274 g/mol. The van der Waals surface area contributed by atoms with Gasteiger partial charge in [0.1, 0.15) is 0 Å². The molecule has 0 aromatic heterocycles. The standard InChI is InChI=1S/C13H18F2N2O.ClH/c1-8(7-16)12(18)17-13(2,3)9-4-5-10(14)11(15)6-9;/h4-6,8H,7,16H2,1-3H3,(H,17,18);1H. The van der Waals surface area contributed by atoms with E-state index in [-0.39, 0.29) is 30.8 Å². The molecule has 6 heteroatoms. The average molecular weight is 293 g/mol. The van der Waals surface area contributed by atoms with E-state index in [1.807, 2.05) is 0 Å². The fourth-order valence-corrected chi connectivity index (χ4v) is 1.50. The molecule has 0 aliphatic carbocycles. The van der Waals surface area contributed by atoms with Crippen LogP contribution in [0.15, 0.2) is 18.2 Å². The van der Waals surface area contributed by atoms with Crippen molar-refractivity contribution in [1.82, 2.24) is 5.32 Å². The molecule has 0 aliphatic rings. The third-order valence-electron chi connectivity index (χ3n) is 2.88. The SMILES string of the molecule is CC(CN)C(=O)NC(C)(C)c1ccc(F)c(F)c1.Cl. The van der Waals surface area contributed by atoms with Crippen LogP contribution in [0.3, 0.4) is 0 Å². The lowest BCUT2D eigenvalue weighted by Gasteiger charge is -2.28. The lowest BCUT2D eigenvalue weighted by atomic mass is 9.93. The van der Waals surface area contributed by atoms with Crippen LogP contribution in [0, 0.1) is 17.6 Å². The van der Waals surface area contributed by atoms with Crippen molar-refractivity contribution in [3.8, 4) is 0 Å². The summed E-state index contributed by atoms with van der Waals surface area (Å²) in [6, 6.07) is 3.58. The lowest BCUT2D eigenvalue weighted by molar-refractivity contribution is -0.125. The van der Waals surface area contributed by atoms with Crippen molar-refractivity contribution in [2.24, 2.45) is 11.7 Å². The zero-order valence-corrected chi connectivity index (χ0v) is 12.0. The van der Waals surface area contributed by atoms with Gasteiger partial charge in [0.05, 0.1) is 5.54 Å². The Morgan fingerprint density at radius 1 is 1.37 bits per heavy atom.